The van der Waals surface area contributed by atoms with Crippen LogP contribution in [0.1, 0.15) is 43.7 Å². The number of rotatable bonds is 3. The fraction of sp³-hybridized carbons (Fsp3) is 0.600. The number of nitrogens with zero attached hydrogens (tertiary/aromatic N) is 2. The molecule has 5 heteroatoms. The summed E-state index contributed by atoms with van der Waals surface area (Å²) in [6.07, 6.45) is 9.47. The molecule has 1 aliphatic heterocycles. The molecule has 1 atom stereocenters. The van der Waals surface area contributed by atoms with Crippen LogP contribution in [-0.4, -0.2) is 35.6 Å². The standard InChI is InChI=1S/C20H29N3.2ClH/c1-22-15-18(17-9-5-6-10-19(17)22)20(16-7-3-2-4-8-16)23-13-11-21-12-14-23;;/h5-6,9-10,15-16,20-21H,2-4,7-8,11-14H2,1H3;2*1H/t20-;;/m0../s1. The van der Waals surface area contributed by atoms with Crippen molar-refractivity contribution in [3.05, 3.63) is 36.0 Å². The molecule has 0 radical (unpaired) electrons. The van der Waals surface area contributed by atoms with Gasteiger partial charge in [-0.1, -0.05) is 37.5 Å². The molecule has 2 aromatic rings. The third-order valence-corrected chi connectivity index (χ3v) is 5.89. The van der Waals surface area contributed by atoms with Crippen LogP contribution >= 0.6 is 24.8 Å². The van der Waals surface area contributed by atoms with Crippen LogP contribution in [0.3, 0.4) is 0 Å². The van der Waals surface area contributed by atoms with Gasteiger partial charge in [0, 0.05) is 56.4 Å². The van der Waals surface area contributed by atoms with Gasteiger partial charge in [-0.3, -0.25) is 4.90 Å². The summed E-state index contributed by atoms with van der Waals surface area (Å²) in [4.78, 5) is 2.76. The van der Waals surface area contributed by atoms with E-state index in [0.717, 1.165) is 19.0 Å². The average molecular weight is 384 g/mol. The number of fused-ring (bicyclic) bond motifs is 1. The number of benzene rings is 1. The molecule has 140 valence electrons. The van der Waals surface area contributed by atoms with Crippen molar-refractivity contribution in [1.82, 2.24) is 14.8 Å². The quantitative estimate of drug-likeness (QED) is 0.838. The molecule has 1 aliphatic carbocycles. The van der Waals surface area contributed by atoms with Crippen molar-refractivity contribution in [3.63, 3.8) is 0 Å². The Balaban J connectivity index is 0.00000113. The first kappa shape index (κ1) is 20.6. The Hall–Kier alpha value is -0.740. The van der Waals surface area contributed by atoms with E-state index in [1.807, 2.05) is 0 Å². The van der Waals surface area contributed by atoms with E-state index in [-0.39, 0.29) is 24.8 Å². The van der Waals surface area contributed by atoms with E-state index < -0.39 is 0 Å². The topological polar surface area (TPSA) is 20.2 Å². The number of piperazine rings is 1. The van der Waals surface area contributed by atoms with Crippen LogP contribution < -0.4 is 5.32 Å². The summed E-state index contributed by atoms with van der Waals surface area (Å²) in [6.45, 7) is 4.64. The molecule has 1 N–H and O–H groups in total. The largest absolute Gasteiger partial charge is 0.350 e. The minimum Gasteiger partial charge on any atom is -0.350 e. The molecule has 1 saturated heterocycles. The lowest BCUT2D eigenvalue weighted by Gasteiger charge is -2.41. The maximum absolute atomic E-state index is 3.52. The van der Waals surface area contributed by atoms with Crippen LogP contribution in [0.15, 0.2) is 30.5 Å². The number of aryl methyl sites for hydroxylation is 1. The lowest BCUT2D eigenvalue weighted by Crippen LogP contribution is -2.47. The molecule has 3 nitrogen and oxygen atoms in total. The summed E-state index contributed by atoms with van der Waals surface area (Å²) in [5.74, 6) is 0.827. The van der Waals surface area contributed by atoms with Crippen molar-refractivity contribution in [3.8, 4) is 0 Å². The first-order valence-electron chi connectivity index (χ1n) is 9.33. The summed E-state index contributed by atoms with van der Waals surface area (Å²) in [6, 6.07) is 9.54. The molecule has 1 aromatic heterocycles. The summed E-state index contributed by atoms with van der Waals surface area (Å²) in [7, 11) is 2.20. The Kier molecular flexibility index (Phi) is 7.63. The molecule has 0 bridgehead atoms. The minimum atomic E-state index is 0. The summed E-state index contributed by atoms with van der Waals surface area (Å²) < 4.78 is 2.32. The monoisotopic (exact) mass is 383 g/mol. The molecule has 4 rings (SSSR count). The van der Waals surface area contributed by atoms with Crippen LogP contribution in [0, 0.1) is 5.92 Å². The van der Waals surface area contributed by atoms with Gasteiger partial charge in [0.15, 0.2) is 0 Å². The summed E-state index contributed by atoms with van der Waals surface area (Å²) in [5.41, 5.74) is 2.94. The van der Waals surface area contributed by atoms with E-state index in [1.165, 1.54) is 56.1 Å². The maximum Gasteiger partial charge on any atom is 0.0481 e. The minimum absolute atomic E-state index is 0. The number of hydrogen-bond donors (Lipinski definition) is 1. The highest BCUT2D eigenvalue weighted by Crippen LogP contribution is 2.41. The zero-order valence-electron chi connectivity index (χ0n) is 15.1. The second-order valence-electron chi connectivity index (χ2n) is 7.34. The van der Waals surface area contributed by atoms with E-state index in [9.17, 15) is 0 Å². The normalized spacial score (nSPS) is 20.7. The van der Waals surface area contributed by atoms with E-state index in [2.05, 4.69) is 52.3 Å². The zero-order valence-corrected chi connectivity index (χ0v) is 16.7. The van der Waals surface area contributed by atoms with Gasteiger partial charge in [0.2, 0.25) is 0 Å². The van der Waals surface area contributed by atoms with Gasteiger partial charge in [-0.15, -0.1) is 24.8 Å². The smallest absolute Gasteiger partial charge is 0.0481 e. The van der Waals surface area contributed by atoms with Crippen LogP contribution in [0.4, 0.5) is 0 Å². The van der Waals surface area contributed by atoms with Crippen molar-refractivity contribution < 1.29 is 0 Å². The maximum atomic E-state index is 3.52. The average Bonchev–Trinajstić information content (AvgIpc) is 2.94. The third kappa shape index (κ3) is 4.16. The molecular formula is C20H31Cl2N3. The number of para-hydroxylation sites is 1. The van der Waals surface area contributed by atoms with E-state index in [4.69, 9.17) is 0 Å². The molecule has 0 amide bonds. The zero-order chi connectivity index (χ0) is 15.6. The van der Waals surface area contributed by atoms with Gasteiger partial charge >= 0.3 is 0 Å². The molecule has 1 saturated carbocycles. The Morgan fingerprint density at radius 1 is 1.00 bits per heavy atom. The molecule has 0 unspecified atom stereocenters. The van der Waals surface area contributed by atoms with Gasteiger partial charge in [0.1, 0.15) is 0 Å². The van der Waals surface area contributed by atoms with E-state index in [1.54, 1.807) is 5.56 Å². The molecule has 1 aromatic carbocycles. The van der Waals surface area contributed by atoms with Gasteiger partial charge in [0.05, 0.1) is 0 Å². The van der Waals surface area contributed by atoms with Gasteiger partial charge in [-0.2, -0.15) is 0 Å². The first-order chi connectivity index (χ1) is 11.3. The molecule has 25 heavy (non-hydrogen) atoms. The summed E-state index contributed by atoms with van der Waals surface area (Å²) >= 11 is 0. The van der Waals surface area contributed by atoms with Crippen molar-refractivity contribution >= 4 is 35.7 Å². The SMILES string of the molecule is Cl.Cl.Cn1cc([C@H](C2CCCCC2)N2CCNCC2)c2ccccc21. The van der Waals surface area contributed by atoms with Crippen molar-refractivity contribution in [2.75, 3.05) is 26.2 Å². The molecule has 2 heterocycles. The number of hydrogen-bond acceptors (Lipinski definition) is 2. The molecule has 2 fully saturated rings. The highest BCUT2D eigenvalue weighted by molar-refractivity contribution is 5.86. The van der Waals surface area contributed by atoms with Crippen molar-refractivity contribution in [2.24, 2.45) is 13.0 Å². The fourth-order valence-corrected chi connectivity index (χ4v) is 4.77. The predicted molar refractivity (Wildman–Crippen MR) is 111 cm³/mol. The highest BCUT2D eigenvalue weighted by Gasteiger charge is 2.32. The Morgan fingerprint density at radius 2 is 1.68 bits per heavy atom. The third-order valence-electron chi connectivity index (χ3n) is 5.89. The molecule has 2 aliphatic rings. The highest BCUT2D eigenvalue weighted by atomic mass is 35.5. The second-order valence-corrected chi connectivity index (χ2v) is 7.34. The van der Waals surface area contributed by atoms with Gasteiger partial charge in [-0.25, -0.2) is 0 Å². The Labute approximate surface area is 164 Å². The van der Waals surface area contributed by atoms with Gasteiger partial charge in [-0.05, 0) is 30.4 Å². The molecule has 0 spiro atoms. The Morgan fingerprint density at radius 3 is 2.40 bits per heavy atom. The second kappa shape index (κ2) is 9.27. The van der Waals surface area contributed by atoms with Crippen molar-refractivity contribution in [2.45, 2.75) is 38.1 Å². The number of halogens is 2. The lowest BCUT2D eigenvalue weighted by molar-refractivity contribution is 0.104. The Bertz CT molecular complexity index is 640. The van der Waals surface area contributed by atoms with E-state index >= 15 is 0 Å². The number of nitrogens with one attached hydrogen (secondary N) is 1. The van der Waals surface area contributed by atoms with Crippen LogP contribution in [-0.2, 0) is 7.05 Å². The van der Waals surface area contributed by atoms with Gasteiger partial charge < -0.3 is 9.88 Å². The fourth-order valence-electron chi connectivity index (χ4n) is 4.77. The molecular weight excluding hydrogens is 353 g/mol. The summed E-state index contributed by atoms with van der Waals surface area (Å²) in [5, 5.41) is 4.98. The van der Waals surface area contributed by atoms with Crippen molar-refractivity contribution in [1.29, 1.82) is 0 Å². The van der Waals surface area contributed by atoms with Gasteiger partial charge in [0.25, 0.3) is 0 Å². The lowest BCUT2D eigenvalue weighted by atomic mass is 9.80. The predicted octanol–water partition coefficient (Wildman–Crippen LogP) is 4.55. The van der Waals surface area contributed by atoms with Crippen LogP contribution in [0.25, 0.3) is 10.9 Å². The first-order valence-corrected chi connectivity index (χ1v) is 9.33. The van der Waals surface area contributed by atoms with E-state index in [0.29, 0.717) is 6.04 Å². The number of aromatic nitrogens is 1. The van der Waals surface area contributed by atoms with Crippen LogP contribution in [0.5, 0.6) is 0 Å². The van der Waals surface area contributed by atoms with Crippen LogP contribution in [0.2, 0.25) is 0 Å².